The molecule has 0 aliphatic rings. The summed E-state index contributed by atoms with van der Waals surface area (Å²) in [6, 6.07) is 5.36. The Bertz CT molecular complexity index is 867. The van der Waals surface area contributed by atoms with Crippen molar-refractivity contribution in [1.29, 1.82) is 0 Å². The molecule has 0 atom stereocenters. The smallest absolute Gasteiger partial charge is 0.316 e. The third-order valence-electron chi connectivity index (χ3n) is 3.05. The normalized spacial score (nSPS) is 11.0. The van der Waals surface area contributed by atoms with E-state index in [1.54, 1.807) is 31.4 Å². The third kappa shape index (κ3) is 3.48. The fourth-order valence-electron chi connectivity index (χ4n) is 2.06. The topological polar surface area (TPSA) is 74.3 Å². The van der Waals surface area contributed by atoms with E-state index in [-0.39, 0.29) is 23.8 Å². The highest BCUT2D eigenvalue weighted by Crippen LogP contribution is 2.22. The van der Waals surface area contributed by atoms with Crippen LogP contribution < -0.4 is 5.56 Å². The van der Waals surface area contributed by atoms with Gasteiger partial charge in [0.2, 0.25) is 0 Å². The number of carbonyl (C=O) groups is 1. The van der Waals surface area contributed by atoms with Gasteiger partial charge < -0.3 is 9.15 Å². The van der Waals surface area contributed by atoms with Crippen LogP contribution in [-0.4, -0.2) is 27.9 Å². The standard InChI is InChI=1S/C15H14N2O4S2/c1-2-20-12(18)9-23-15-16-11-5-7-22-13(11)14(19)17(15)8-10-4-3-6-21-10/h3-7H,2,8-9H2,1H3. The first kappa shape index (κ1) is 15.8. The summed E-state index contributed by atoms with van der Waals surface area (Å²) < 4.78 is 12.4. The van der Waals surface area contributed by atoms with E-state index in [1.807, 2.05) is 5.38 Å². The number of thioether (sulfide) groups is 1. The number of furan rings is 1. The monoisotopic (exact) mass is 350 g/mol. The van der Waals surface area contributed by atoms with Gasteiger partial charge >= 0.3 is 5.97 Å². The highest BCUT2D eigenvalue weighted by atomic mass is 32.2. The van der Waals surface area contributed by atoms with Crippen LogP contribution in [0.4, 0.5) is 0 Å². The lowest BCUT2D eigenvalue weighted by Gasteiger charge is -2.10. The van der Waals surface area contributed by atoms with Crippen molar-refractivity contribution in [2.75, 3.05) is 12.4 Å². The number of hydrogen-bond donors (Lipinski definition) is 0. The van der Waals surface area contributed by atoms with Crippen LogP contribution >= 0.6 is 23.1 Å². The molecule has 3 rings (SSSR count). The zero-order valence-electron chi connectivity index (χ0n) is 12.4. The molecule has 0 N–H and O–H groups in total. The van der Waals surface area contributed by atoms with Crippen molar-refractivity contribution in [1.82, 2.24) is 9.55 Å². The number of fused-ring (bicyclic) bond motifs is 1. The molecule has 0 unspecified atom stereocenters. The number of thiophene rings is 1. The summed E-state index contributed by atoms with van der Waals surface area (Å²) in [7, 11) is 0. The van der Waals surface area contributed by atoms with Gasteiger partial charge in [-0.05, 0) is 30.5 Å². The van der Waals surface area contributed by atoms with Crippen LogP contribution in [0.1, 0.15) is 12.7 Å². The SMILES string of the molecule is CCOC(=O)CSc1nc2ccsc2c(=O)n1Cc1ccco1. The Morgan fingerprint density at radius 2 is 2.35 bits per heavy atom. The molecule has 0 aromatic carbocycles. The molecule has 0 aliphatic carbocycles. The maximum absolute atomic E-state index is 12.7. The zero-order valence-corrected chi connectivity index (χ0v) is 14.0. The maximum Gasteiger partial charge on any atom is 0.316 e. The van der Waals surface area contributed by atoms with Crippen molar-refractivity contribution >= 4 is 39.3 Å². The quantitative estimate of drug-likeness (QED) is 0.387. The molecule has 120 valence electrons. The lowest BCUT2D eigenvalue weighted by atomic mass is 10.4. The van der Waals surface area contributed by atoms with Gasteiger partial charge in [-0.1, -0.05) is 11.8 Å². The van der Waals surface area contributed by atoms with E-state index in [0.717, 1.165) is 0 Å². The Labute approximate surface area is 140 Å². The minimum atomic E-state index is -0.332. The molecule has 8 heteroatoms. The summed E-state index contributed by atoms with van der Waals surface area (Å²) in [4.78, 5) is 28.7. The van der Waals surface area contributed by atoms with Crippen LogP contribution in [0.3, 0.4) is 0 Å². The van der Waals surface area contributed by atoms with Gasteiger partial charge in [0.25, 0.3) is 5.56 Å². The Balaban J connectivity index is 1.96. The van der Waals surface area contributed by atoms with Gasteiger partial charge in [-0.3, -0.25) is 14.2 Å². The Kier molecular flexibility index (Phi) is 4.82. The first-order chi connectivity index (χ1) is 11.2. The van der Waals surface area contributed by atoms with Crippen LogP contribution in [0.5, 0.6) is 0 Å². The number of aromatic nitrogens is 2. The largest absolute Gasteiger partial charge is 0.467 e. The maximum atomic E-state index is 12.7. The van der Waals surface area contributed by atoms with Crippen molar-refractivity contribution in [3.05, 3.63) is 46.0 Å². The fraction of sp³-hybridized carbons (Fsp3) is 0.267. The molecule has 0 fully saturated rings. The fourth-order valence-corrected chi connectivity index (χ4v) is 3.63. The highest BCUT2D eigenvalue weighted by Gasteiger charge is 2.15. The number of ether oxygens (including phenoxy) is 1. The number of esters is 1. The highest BCUT2D eigenvalue weighted by molar-refractivity contribution is 7.99. The van der Waals surface area contributed by atoms with Crippen molar-refractivity contribution in [2.45, 2.75) is 18.6 Å². The van der Waals surface area contributed by atoms with Crippen LogP contribution in [-0.2, 0) is 16.1 Å². The molecular formula is C15H14N2O4S2. The molecule has 0 saturated carbocycles. The van der Waals surface area contributed by atoms with Gasteiger partial charge in [0.1, 0.15) is 10.5 Å². The zero-order chi connectivity index (χ0) is 16.2. The van der Waals surface area contributed by atoms with Gasteiger partial charge in [0.15, 0.2) is 5.16 Å². The van der Waals surface area contributed by atoms with Crippen molar-refractivity contribution < 1.29 is 13.9 Å². The number of hydrogen-bond acceptors (Lipinski definition) is 7. The van der Waals surface area contributed by atoms with Crippen molar-refractivity contribution in [3.63, 3.8) is 0 Å². The predicted molar refractivity (Wildman–Crippen MR) is 89.0 cm³/mol. The molecule has 0 amide bonds. The molecule has 0 spiro atoms. The first-order valence-corrected chi connectivity index (χ1v) is 8.84. The van der Waals surface area contributed by atoms with E-state index < -0.39 is 0 Å². The molecule has 3 aromatic heterocycles. The van der Waals surface area contributed by atoms with E-state index in [1.165, 1.54) is 27.7 Å². The molecule has 0 radical (unpaired) electrons. The van der Waals surface area contributed by atoms with E-state index >= 15 is 0 Å². The summed E-state index contributed by atoms with van der Waals surface area (Å²) in [6.45, 7) is 2.36. The summed E-state index contributed by atoms with van der Waals surface area (Å²) in [5.74, 6) is 0.429. The lowest BCUT2D eigenvalue weighted by Crippen LogP contribution is -2.23. The second-order valence-corrected chi connectivity index (χ2v) is 6.45. The average Bonchev–Trinajstić information content (AvgIpc) is 3.20. The first-order valence-electron chi connectivity index (χ1n) is 6.98. The molecule has 3 heterocycles. The second kappa shape index (κ2) is 7.01. The molecule has 3 aromatic rings. The van der Waals surface area contributed by atoms with Gasteiger partial charge in [0.05, 0.1) is 30.7 Å². The minimum absolute atomic E-state index is 0.105. The van der Waals surface area contributed by atoms with Crippen molar-refractivity contribution in [3.8, 4) is 0 Å². The predicted octanol–water partition coefficient (Wildman–Crippen LogP) is 2.75. The van der Waals surface area contributed by atoms with Crippen LogP contribution in [0, 0.1) is 0 Å². The van der Waals surface area contributed by atoms with Crippen LogP contribution in [0.2, 0.25) is 0 Å². The third-order valence-corrected chi connectivity index (χ3v) is 4.89. The van der Waals surface area contributed by atoms with Gasteiger partial charge in [-0.25, -0.2) is 4.98 Å². The molecule has 23 heavy (non-hydrogen) atoms. The summed E-state index contributed by atoms with van der Waals surface area (Å²) in [5, 5.41) is 2.31. The second-order valence-electron chi connectivity index (χ2n) is 4.59. The Morgan fingerprint density at radius 1 is 1.48 bits per heavy atom. The molecule has 0 saturated heterocycles. The molecule has 6 nitrogen and oxygen atoms in total. The van der Waals surface area contributed by atoms with E-state index in [9.17, 15) is 9.59 Å². The van der Waals surface area contributed by atoms with E-state index in [0.29, 0.717) is 27.7 Å². The van der Waals surface area contributed by atoms with E-state index in [2.05, 4.69) is 4.98 Å². The average molecular weight is 350 g/mol. The van der Waals surface area contributed by atoms with Crippen molar-refractivity contribution in [2.24, 2.45) is 0 Å². The molecular weight excluding hydrogens is 336 g/mol. The molecule has 0 aliphatic heterocycles. The number of rotatable bonds is 6. The number of carbonyl (C=O) groups excluding carboxylic acids is 1. The Hall–Kier alpha value is -2.06. The van der Waals surface area contributed by atoms with E-state index in [4.69, 9.17) is 9.15 Å². The van der Waals surface area contributed by atoms with Crippen LogP contribution in [0.25, 0.3) is 10.2 Å². The lowest BCUT2D eigenvalue weighted by molar-refractivity contribution is -0.139. The minimum Gasteiger partial charge on any atom is -0.467 e. The summed E-state index contributed by atoms with van der Waals surface area (Å²) in [5.41, 5.74) is 0.509. The van der Waals surface area contributed by atoms with Gasteiger partial charge in [-0.15, -0.1) is 11.3 Å². The number of nitrogens with zero attached hydrogens (tertiary/aromatic N) is 2. The molecule has 0 bridgehead atoms. The van der Waals surface area contributed by atoms with Gasteiger partial charge in [0, 0.05) is 0 Å². The Morgan fingerprint density at radius 3 is 3.09 bits per heavy atom. The summed E-state index contributed by atoms with van der Waals surface area (Å²) >= 11 is 2.54. The van der Waals surface area contributed by atoms with Gasteiger partial charge in [-0.2, -0.15) is 0 Å². The van der Waals surface area contributed by atoms with Crippen LogP contribution in [0.15, 0.2) is 44.2 Å². The summed E-state index contributed by atoms with van der Waals surface area (Å²) in [6.07, 6.45) is 1.56.